The Hall–Kier alpha value is -2.48. The maximum atomic E-state index is 15.6. The van der Waals surface area contributed by atoms with Gasteiger partial charge in [0.15, 0.2) is 5.82 Å². The molecule has 0 aliphatic carbocycles. The molecule has 0 aliphatic heterocycles. The fourth-order valence-corrected chi connectivity index (χ4v) is 3.59. The van der Waals surface area contributed by atoms with E-state index in [1.165, 1.54) is 41.1 Å². The first-order chi connectivity index (χ1) is 13.8. The second-order valence-electron chi connectivity index (χ2n) is 8.50. The fourth-order valence-electron chi connectivity index (χ4n) is 3.59. The lowest BCUT2D eigenvalue weighted by Crippen LogP contribution is -2.19. The maximum Gasteiger partial charge on any atom is 0.417 e. The Morgan fingerprint density at radius 2 is 1.60 bits per heavy atom. The number of nitrogens with two attached hydrogens (primary N) is 1. The lowest BCUT2D eigenvalue weighted by Gasteiger charge is -2.20. The lowest BCUT2D eigenvalue weighted by molar-refractivity contribution is -0.137. The van der Waals surface area contributed by atoms with Crippen molar-refractivity contribution in [2.75, 3.05) is 0 Å². The van der Waals surface area contributed by atoms with Crippen LogP contribution in [0, 0.1) is 11.2 Å². The molecule has 0 radical (unpaired) electrons. The average molecular weight is 428 g/mol. The van der Waals surface area contributed by atoms with E-state index >= 15 is 4.39 Å². The van der Waals surface area contributed by atoms with Crippen LogP contribution in [0.4, 0.5) is 26.3 Å². The van der Waals surface area contributed by atoms with Gasteiger partial charge in [0.1, 0.15) is 0 Å². The summed E-state index contributed by atoms with van der Waals surface area (Å²) in [5, 5.41) is 0.165. The maximum absolute atomic E-state index is 15.6. The van der Waals surface area contributed by atoms with Gasteiger partial charge in [-0.3, -0.25) is 0 Å². The molecule has 0 unspecified atom stereocenters. The Bertz CT molecular complexity index is 1060. The normalized spacial score (nSPS) is 14.0. The second kappa shape index (κ2) is 7.65. The fraction of sp³-hybridized carbons (Fsp3) is 0.364. The Morgan fingerprint density at radius 1 is 0.967 bits per heavy atom. The van der Waals surface area contributed by atoms with E-state index in [2.05, 4.69) is 0 Å². The number of nitrogens with zero attached hydrogens (tertiary/aromatic N) is 1. The Kier molecular flexibility index (Phi) is 5.66. The largest absolute Gasteiger partial charge is 0.417 e. The zero-order chi connectivity index (χ0) is 22.4. The zero-order valence-electron chi connectivity index (χ0n) is 16.7. The van der Waals surface area contributed by atoms with Gasteiger partial charge < -0.3 is 10.3 Å². The number of benzene rings is 2. The molecule has 0 spiro atoms. The summed E-state index contributed by atoms with van der Waals surface area (Å²) >= 11 is 0. The van der Waals surface area contributed by atoms with Gasteiger partial charge in [0, 0.05) is 29.3 Å². The third-order valence-corrected chi connectivity index (χ3v) is 4.81. The molecule has 0 amide bonds. The third-order valence-electron chi connectivity index (χ3n) is 4.81. The highest BCUT2D eigenvalue weighted by molar-refractivity contribution is 5.90. The molecule has 2 nitrogen and oxygen atoms in total. The molecule has 3 rings (SSSR count). The smallest absolute Gasteiger partial charge is 0.344 e. The van der Waals surface area contributed by atoms with E-state index in [1.54, 1.807) is 0 Å². The zero-order valence-corrected chi connectivity index (χ0v) is 16.7. The highest BCUT2D eigenvalue weighted by Crippen LogP contribution is 2.41. The van der Waals surface area contributed by atoms with E-state index < -0.39 is 30.0 Å². The highest BCUT2D eigenvalue weighted by Gasteiger charge is 2.34. The van der Waals surface area contributed by atoms with E-state index in [4.69, 9.17) is 5.73 Å². The standard InChI is InChI=1S/C22H22F6N2/c1-21(2,3)11-30-10-15(18(29)20(24)25)14-9-8-13(17(23)19(14)30)12-6-4-5-7-16(12)22(26,27)28/h4-10,18,20H,11,29H2,1-3H3/t18-/m0/s1. The van der Waals surface area contributed by atoms with Crippen molar-refractivity contribution in [1.29, 1.82) is 0 Å². The van der Waals surface area contributed by atoms with Crippen molar-refractivity contribution >= 4 is 10.9 Å². The second-order valence-corrected chi connectivity index (χ2v) is 8.50. The van der Waals surface area contributed by atoms with Gasteiger partial charge in [-0.2, -0.15) is 13.2 Å². The van der Waals surface area contributed by atoms with Crippen LogP contribution < -0.4 is 5.73 Å². The summed E-state index contributed by atoms with van der Waals surface area (Å²) in [7, 11) is 0. The molecule has 0 saturated carbocycles. The van der Waals surface area contributed by atoms with E-state index in [9.17, 15) is 22.0 Å². The van der Waals surface area contributed by atoms with E-state index in [0.29, 0.717) is 0 Å². The molecule has 2 aromatic carbocycles. The van der Waals surface area contributed by atoms with Gasteiger partial charge in [0.05, 0.1) is 17.1 Å². The minimum Gasteiger partial charge on any atom is -0.344 e. The summed E-state index contributed by atoms with van der Waals surface area (Å²) in [6, 6.07) is 5.59. The van der Waals surface area contributed by atoms with E-state index in [-0.39, 0.29) is 39.6 Å². The predicted molar refractivity (Wildman–Crippen MR) is 105 cm³/mol. The summed E-state index contributed by atoms with van der Waals surface area (Å²) < 4.78 is 84.0. The Morgan fingerprint density at radius 3 is 2.17 bits per heavy atom. The Labute approximate surface area is 170 Å². The van der Waals surface area contributed by atoms with Crippen molar-refractivity contribution in [3.05, 3.63) is 59.5 Å². The quantitative estimate of drug-likeness (QED) is 0.457. The van der Waals surface area contributed by atoms with Crippen LogP contribution in [-0.4, -0.2) is 11.0 Å². The number of fused-ring (bicyclic) bond motifs is 1. The molecule has 0 saturated heterocycles. The topological polar surface area (TPSA) is 30.9 Å². The summed E-state index contributed by atoms with van der Waals surface area (Å²) in [5.41, 5.74) is 3.77. The molecule has 0 aliphatic rings. The van der Waals surface area contributed by atoms with Crippen molar-refractivity contribution in [2.45, 2.75) is 46.0 Å². The molecule has 0 fully saturated rings. The lowest BCUT2D eigenvalue weighted by atomic mass is 9.95. The van der Waals surface area contributed by atoms with Crippen LogP contribution in [0.5, 0.6) is 0 Å². The molecule has 30 heavy (non-hydrogen) atoms. The molecule has 162 valence electrons. The van der Waals surface area contributed by atoms with Crippen molar-refractivity contribution in [3.63, 3.8) is 0 Å². The van der Waals surface area contributed by atoms with E-state index in [1.807, 2.05) is 20.8 Å². The van der Waals surface area contributed by atoms with Gasteiger partial charge in [-0.1, -0.05) is 51.1 Å². The summed E-state index contributed by atoms with van der Waals surface area (Å²) in [5.74, 6) is -0.902. The molecular weight excluding hydrogens is 406 g/mol. The molecule has 2 N–H and O–H groups in total. The van der Waals surface area contributed by atoms with Gasteiger partial charge >= 0.3 is 6.18 Å². The van der Waals surface area contributed by atoms with Crippen LogP contribution in [0.3, 0.4) is 0 Å². The summed E-state index contributed by atoms with van der Waals surface area (Å²) in [6.07, 6.45) is -6.17. The van der Waals surface area contributed by atoms with Crippen molar-refractivity contribution < 1.29 is 26.3 Å². The molecule has 3 aromatic rings. The number of hydrogen-bond acceptors (Lipinski definition) is 1. The van der Waals surface area contributed by atoms with Gasteiger partial charge in [0.25, 0.3) is 6.43 Å². The van der Waals surface area contributed by atoms with Crippen molar-refractivity contribution in [3.8, 4) is 11.1 Å². The number of rotatable bonds is 4. The summed E-state index contributed by atoms with van der Waals surface area (Å²) in [6.45, 7) is 5.91. The SMILES string of the molecule is CC(C)(C)Cn1cc([C@H](N)C(F)F)c2ccc(-c3ccccc3C(F)(F)F)c(F)c21. The van der Waals surface area contributed by atoms with Gasteiger partial charge in [-0.05, 0) is 17.0 Å². The minimum absolute atomic E-state index is 0.0366. The number of aromatic nitrogens is 1. The monoisotopic (exact) mass is 428 g/mol. The Balaban J connectivity index is 2.32. The van der Waals surface area contributed by atoms with Crippen LogP contribution in [0.15, 0.2) is 42.6 Å². The third kappa shape index (κ3) is 4.19. The minimum atomic E-state index is -4.67. The van der Waals surface area contributed by atoms with Gasteiger partial charge in [-0.15, -0.1) is 0 Å². The van der Waals surface area contributed by atoms with Gasteiger partial charge in [0.2, 0.25) is 0 Å². The van der Waals surface area contributed by atoms with Crippen LogP contribution in [0.25, 0.3) is 22.0 Å². The van der Waals surface area contributed by atoms with Gasteiger partial charge in [-0.25, -0.2) is 13.2 Å². The first-order valence-corrected chi connectivity index (χ1v) is 9.33. The van der Waals surface area contributed by atoms with Crippen molar-refractivity contribution in [2.24, 2.45) is 11.1 Å². The molecular formula is C22H22F6N2. The summed E-state index contributed by atoms with van der Waals surface area (Å²) in [4.78, 5) is 0. The van der Waals surface area contributed by atoms with E-state index in [0.717, 1.165) is 6.07 Å². The van der Waals surface area contributed by atoms with Crippen LogP contribution in [0.1, 0.15) is 37.9 Å². The first kappa shape index (κ1) is 22.2. The van der Waals surface area contributed by atoms with Crippen LogP contribution in [0.2, 0.25) is 0 Å². The first-order valence-electron chi connectivity index (χ1n) is 9.33. The van der Waals surface area contributed by atoms with Crippen LogP contribution in [-0.2, 0) is 12.7 Å². The number of alkyl halides is 5. The molecule has 1 aromatic heterocycles. The number of hydrogen-bond donors (Lipinski definition) is 1. The molecule has 8 heteroatoms. The average Bonchev–Trinajstić information content (AvgIpc) is 2.98. The number of halogens is 6. The van der Waals surface area contributed by atoms with Crippen LogP contribution >= 0.6 is 0 Å². The highest BCUT2D eigenvalue weighted by atomic mass is 19.4. The molecule has 1 atom stereocenters. The predicted octanol–water partition coefficient (Wildman–Crippen LogP) is 6.78. The molecule has 0 bridgehead atoms. The van der Waals surface area contributed by atoms with Crippen molar-refractivity contribution in [1.82, 2.24) is 4.57 Å². The molecule has 1 heterocycles.